The Labute approximate surface area is 190 Å². The van der Waals surface area contributed by atoms with Crippen LogP contribution in [0.5, 0.6) is 0 Å². The Balaban J connectivity index is 1.80. The van der Waals surface area contributed by atoms with Gasteiger partial charge in [-0.15, -0.1) is 0 Å². The standard InChI is InChI=1S/C25H38F2N2O3/c1-3-4-5-6-7-8-9-10-18-11-12-19(22(27)21(18)26)14-16-29-20-13-15-25(17-20,24(31)32)23(30)28-2/h11-12,20,29H,3-10,13-17H2,1-2H3,(H,28,30)(H,31,32). The van der Waals surface area contributed by atoms with E-state index in [1.165, 1.54) is 32.7 Å². The van der Waals surface area contributed by atoms with Crippen molar-refractivity contribution in [3.05, 3.63) is 34.9 Å². The summed E-state index contributed by atoms with van der Waals surface area (Å²) in [4.78, 5) is 23.7. The van der Waals surface area contributed by atoms with Gasteiger partial charge >= 0.3 is 5.97 Å². The number of carboxylic acid groups (broad SMARTS) is 1. The van der Waals surface area contributed by atoms with Crippen LogP contribution in [0, 0.1) is 17.0 Å². The molecule has 2 rings (SSSR count). The molecule has 7 heteroatoms. The first kappa shape index (κ1) is 26.2. The largest absolute Gasteiger partial charge is 0.480 e. The normalized spacial score (nSPS) is 20.4. The zero-order valence-corrected chi connectivity index (χ0v) is 19.4. The number of halogens is 2. The highest BCUT2D eigenvalue weighted by Crippen LogP contribution is 2.39. The van der Waals surface area contributed by atoms with Crippen molar-refractivity contribution in [2.45, 2.75) is 90.0 Å². The fraction of sp³-hybridized carbons (Fsp3) is 0.680. The van der Waals surface area contributed by atoms with Crippen molar-refractivity contribution >= 4 is 11.9 Å². The number of aliphatic carboxylic acids is 1. The number of aryl methyl sites for hydroxylation is 1. The number of hydrogen-bond acceptors (Lipinski definition) is 3. The van der Waals surface area contributed by atoms with Crippen molar-refractivity contribution in [1.29, 1.82) is 0 Å². The first-order chi connectivity index (χ1) is 15.4. The van der Waals surface area contributed by atoms with Crippen molar-refractivity contribution in [2.24, 2.45) is 5.41 Å². The molecule has 1 aliphatic rings. The molecule has 1 amide bonds. The zero-order chi connectivity index (χ0) is 23.6. The van der Waals surface area contributed by atoms with Gasteiger partial charge in [0.25, 0.3) is 0 Å². The lowest BCUT2D eigenvalue weighted by Crippen LogP contribution is -2.45. The summed E-state index contributed by atoms with van der Waals surface area (Å²) in [5, 5.41) is 15.2. The second-order valence-corrected chi connectivity index (χ2v) is 8.99. The topological polar surface area (TPSA) is 78.4 Å². The van der Waals surface area contributed by atoms with Crippen LogP contribution in [0.3, 0.4) is 0 Å². The van der Waals surface area contributed by atoms with Crippen LogP contribution in [0.2, 0.25) is 0 Å². The first-order valence-corrected chi connectivity index (χ1v) is 12.0. The number of carbonyl (C=O) groups excluding carboxylic acids is 1. The van der Waals surface area contributed by atoms with Crippen molar-refractivity contribution < 1.29 is 23.5 Å². The molecular weight excluding hydrogens is 414 g/mol. The summed E-state index contributed by atoms with van der Waals surface area (Å²) < 4.78 is 29.0. The number of nitrogens with one attached hydrogen (secondary N) is 2. The number of rotatable bonds is 14. The van der Waals surface area contributed by atoms with Gasteiger partial charge in [0, 0.05) is 13.1 Å². The van der Waals surface area contributed by atoms with E-state index >= 15 is 0 Å². The molecule has 0 radical (unpaired) electrons. The predicted molar refractivity (Wildman–Crippen MR) is 122 cm³/mol. The number of unbranched alkanes of at least 4 members (excludes halogenated alkanes) is 6. The van der Waals surface area contributed by atoms with E-state index in [4.69, 9.17) is 0 Å². The second-order valence-electron chi connectivity index (χ2n) is 8.99. The quantitative estimate of drug-likeness (QED) is 0.281. The third-order valence-corrected chi connectivity index (χ3v) is 6.70. The molecule has 32 heavy (non-hydrogen) atoms. The molecule has 3 N–H and O–H groups in total. The van der Waals surface area contributed by atoms with Crippen LogP contribution >= 0.6 is 0 Å². The van der Waals surface area contributed by atoms with Crippen molar-refractivity contribution in [2.75, 3.05) is 13.6 Å². The lowest BCUT2D eigenvalue weighted by Gasteiger charge is -2.22. The fourth-order valence-corrected chi connectivity index (χ4v) is 4.66. The Morgan fingerprint density at radius 2 is 1.62 bits per heavy atom. The number of benzene rings is 1. The molecule has 0 aromatic heterocycles. The summed E-state index contributed by atoms with van der Waals surface area (Å²) in [6, 6.07) is 3.19. The van der Waals surface area contributed by atoms with E-state index in [9.17, 15) is 23.5 Å². The second kappa shape index (κ2) is 12.9. The van der Waals surface area contributed by atoms with Crippen LogP contribution in [-0.4, -0.2) is 36.6 Å². The highest BCUT2D eigenvalue weighted by Gasteiger charge is 2.51. The average molecular weight is 453 g/mol. The van der Waals surface area contributed by atoms with Gasteiger partial charge in [-0.25, -0.2) is 8.78 Å². The van der Waals surface area contributed by atoms with E-state index in [1.54, 1.807) is 12.1 Å². The lowest BCUT2D eigenvalue weighted by atomic mass is 9.85. The zero-order valence-electron chi connectivity index (χ0n) is 19.4. The van der Waals surface area contributed by atoms with E-state index < -0.39 is 28.9 Å². The third-order valence-electron chi connectivity index (χ3n) is 6.70. The number of amides is 1. The SMILES string of the molecule is CCCCCCCCCc1ccc(CCNC2CCC(C(=O)O)(C(=O)NC)C2)c(F)c1F. The van der Waals surface area contributed by atoms with Gasteiger partial charge in [-0.3, -0.25) is 9.59 Å². The Kier molecular flexibility index (Phi) is 10.6. The summed E-state index contributed by atoms with van der Waals surface area (Å²) in [5.41, 5.74) is -0.672. The molecule has 1 saturated carbocycles. The van der Waals surface area contributed by atoms with Crippen LogP contribution in [0.4, 0.5) is 8.78 Å². The summed E-state index contributed by atoms with van der Waals surface area (Å²) in [6.07, 6.45) is 9.80. The van der Waals surface area contributed by atoms with Crippen LogP contribution in [-0.2, 0) is 22.4 Å². The van der Waals surface area contributed by atoms with Crippen LogP contribution in [0.25, 0.3) is 0 Å². The Morgan fingerprint density at radius 1 is 1.03 bits per heavy atom. The molecular formula is C25H38F2N2O3. The predicted octanol–water partition coefficient (Wildman–Crippen LogP) is 4.76. The van der Waals surface area contributed by atoms with Crippen molar-refractivity contribution in [1.82, 2.24) is 10.6 Å². The molecule has 2 unspecified atom stereocenters. The highest BCUT2D eigenvalue weighted by atomic mass is 19.2. The monoisotopic (exact) mass is 452 g/mol. The van der Waals surface area contributed by atoms with Gasteiger partial charge in [0.2, 0.25) is 5.91 Å². The molecule has 180 valence electrons. The summed E-state index contributed by atoms with van der Waals surface area (Å²) in [5.74, 6) is -3.15. The first-order valence-electron chi connectivity index (χ1n) is 12.0. The number of hydrogen-bond donors (Lipinski definition) is 3. The average Bonchev–Trinajstić information content (AvgIpc) is 3.22. The molecule has 1 aliphatic carbocycles. The van der Waals surface area contributed by atoms with E-state index in [2.05, 4.69) is 17.6 Å². The molecule has 1 aromatic rings. The number of carbonyl (C=O) groups is 2. The van der Waals surface area contributed by atoms with Crippen molar-refractivity contribution in [3.63, 3.8) is 0 Å². The van der Waals surface area contributed by atoms with Gasteiger partial charge in [-0.1, -0.05) is 57.6 Å². The molecule has 2 atom stereocenters. The Hall–Kier alpha value is -2.02. The molecule has 0 bridgehead atoms. The third kappa shape index (κ3) is 6.74. The molecule has 0 saturated heterocycles. The molecule has 0 aliphatic heterocycles. The smallest absolute Gasteiger partial charge is 0.319 e. The minimum absolute atomic E-state index is 0.145. The van der Waals surface area contributed by atoms with Gasteiger partial charge in [0.15, 0.2) is 11.6 Å². The van der Waals surface area contributed by atoms with E-state index in [-0.39, 0.29) is 18.9 Å². The summed E-state index contributed by atoms with van der Waals surface area (Å²) >= 11 is 0. The van der Waals surface area contributed by atoms with Gasteiger partial charge in [-0.2, -0.15) is 0 Å². The molecule has 0 heterocycles. The maximum Gasteiger partial charge on any atom is 0.319 e. The molecule has 1 fully saturated rings. The Bertz CT molecular complexity index is 772. The van der Waals surface area contributed by atoms with Crippen LogP contribution in [0.1, 0.15) is 82.3 Å². The summed E-state index contributed by atoms with van der Waals surface area (Å²) in [7, 11) is 1.43. The van der Waals surface area contributed by atoms with Crippen LogP contribution in [0.15, 0.2) is 12.1 Å². The van der Waals surface area contributed by atoms with E-state index in [0.717, 1.165) is 19.3 Å². The fourth-order valence-electron chi connectivity index (χ4n) is 4.66. The maximum atomic E-state index is 14.5. The lowest BCUT2D eigenvalue weighted by molar-refractivity contribution is -0.155. The van der Waals surface area contributed by atoms with Gasteiger partial charge in [0.1, 0.15) is 5.41 Å². The Morgan fingerprint density at radius 3 is 2.22 bits per heavy atom. The van der Waals surface area contributed by atoms with Crippen LogP contribution < -0.4 is 10.6 Å². The van der Waals surface area contributed by atoms with Gasteiger partial charge in [-0.05, 0) is 56.2 Å². The summed E-state index contributed by atoms with van der Waals surface area (Å²) in [6.45, 7) is 2.57. The minimum Gasteiger partial charge on any atom is -0.480 e. The van der Waals surface area contributed by atoms with Gasteiger partial charge < -0.3 is 15.7 Å². The highest BCUT2D eigenvalue weighted by molar-refractivity contribution is 6.02. The van der Waals surface area contributed by atoms with E-state index in [0.29, 0.717) is 36.9 Å². The number of carboxylic acids is 1. The molecule has 0 spiro atoms. The molecule has 1 aromatic carbocycles. The minimum atomic E-state index is -1.42. The molecule has 5 nitrogen and oxygen atoms in total. The van der Waals surface area contributed by atoms with E-state index in [1.807, 2.05) is 0 Å². The maximum absolute atomic E-state index is 14.5. The van der Waals surface area contributed by atoms with Gasteiger partial charge in [0.05, 0.1) is 0 Å². The van der Waals surface area contributed by atoms with Crippen molar-refractivity contribution in [3.8, 4) is 0 Å².